The Labute approximate surface area is 160 Å². The standard InChI is InChI=1S/C18H35NO3SSe/c1-3-4-5-6-7-8-9-10-11-12-13-14-22-18(21)17(15-23)19-24-16(2)20/h17,19,23H,3-15H2,1-2H3/t17-/m0/s1. The Morgan fingerprint density at radius 3 is 1.92 bits per heavy atom. The molecule has 24 heavy (non-hydrogen) atoms. The number of rotatable bonds is 17. The quantitative estimate of drug-likeness (QED) is 0.161. The number of unbranched alkanes of at least 4 members (excludes halogenated alkanes) is 10. The van der Waals surface area contributed by atoms with E-state index in [0.29, 0.717) is 12.4 Å². The van der Waals surface area contributed by atoms with Crippen molar-refractivity contribution in [1.82, 2.24) is 4.33 Å². The summed E-state index contributed by atoms with van der Waals surface area (Å²) in [7, 11) is 0. The third-order valence-corrected chi connectivity index (χ3v) is 5.62. The van der Waals surface area contributed by atoms with Crippen LogP contribution in [0.1, 0.15) is 84.5 Å². The van der Waals surface area contributed by atoms with Crippen LogP contribution in [0.2, 0.25) is 0 Å². The predicted molar refractivity (Wildman–Crippen MR) is 105 cm³/mol. The Morgan fingerprint density at radius 1 is 0.958 bits per heavy atom. The van der Waals surface area contributed by atoms with Crippen molar-refractivity contribution in [3.63, 3.8) is 0 Å². The molecule has 142 valence electrons. The summed E-state index contributed by atoms with van der Waals surface area (Å²) in [6.45, 7) is 4.23. The zero-order valence-electron chi connectivity index (χ0n) is 15.3. The van der Waals surface area contributed by atoms with Gasteiger partial charge in [0.15, 0.2) is 0 Å². The Bertz CT molecular complexity index is 329. The minimum absolute atomic E-state index is 0.0625. The van der Waals surface area contributed by atoms with E-state index in [1.54, 1.807) is 0 Å². The van der Waals surface area contributed by atoms with E-state index in [1.165, 1.54) is 64.7 Å². The van der Waals surface area contributed by atoms with Crippen LogP contribution in [0.15, 0.2) is 0 Å². The van der Waals surface area contributed by atoms with Gasteiger partial charge in [-0.05, 0) is 0 Å². The number of carbonyl (C=O) groups is 2. The zero-order valence-corrected chi connectivity index (χ0v) is 18.0. The fraction of sp³-hybridized carbons (Fsp3) is 0.889. The molecule has 0 aliphatic carbocycles. The van der Waals surface area contributed by atoms with Crippen LogP contribution in [0.25, 0.3) is 0 Å². The maximum atomic E-state index is 11.8. The van der Waals surface area contributed by atoms with Gasteiger partial charge in [0.2, 0.25) is 0 Å². The van der Waals surface area contributed by atoms with Gasteiger partial charge in [0.05, 0.1) is 0 Å². The second-order valence-corrected chi connectivity index (χ2v) is 8.64. The molecule has 0 unspecified atom stereocenters. The van der Waals surface area contributed by atoms with Crippen molar-refractivity contribution in [3.8, 4) is 0 Å². The molecule has 0 rings (SSSR count). The molecule has 0 amide bonds. The topological polar surface area (TPSA) is 55.4 Å². The van der Waals surface area contributed by atoms with Gasteiger partial charge in [-0.15, -0.1) is 0 Å². The van der Waals surface area contributed by atoms with E-state index < -0.39 is 6.04 Å². The number of ether oxygens (including phenoxy) is 1. The van der Waals surface area contributed by atoms with Crippen molar-refractivity contribution < 1.29 is 14.3 Å². The summed E-state index contributed by atoms with van der Waals surface area (Å²) in [6, 6.07) is -0.468. The molecule has 0 aromatic rings. The first-order valence-corrected chi connectivity index (χ1v) is 11.7. The van der Waals surface area contributed by atoms with E-state index in [4.69, 9.17) is 4.74 Å². The number of hydrogen-bond donors (Lipinski definition) is 2. The van der Waals surface area contributed by atoms with Crippen molar-refractivity contribution in [1.29, 1.82) is 0 Å². The van der Waals surface area contributed by atoms with Crippen LogP contribution in [0.5, 0.6) is 0 Å². The minimum atomic E-state index is -0.468. The van der Waals surface area contributed by atoms with Crippen LogP contribution in [0.4, 0.5) is 0 Å². The third-order valence-electron chi connectivity index (χ3n) is 3.80. The average molecular weight is 425 g/mol. The fourth-order valence-electron chi connectivity index (χ4n) is 2.35. The molecule has 0 saturated heterocycles. The molecule has 0 fully saturated rings. The van der Waals surface area contributed by atoms with Gasteiger partial charge >= 0.3 is 127 Å². The van der Waals surface area contributed by atoms with Crippen LogP contribution in [-0.4, -0.2) is 44.2 Å². The van der Waals surface area contributed by atoms with Crippen LogP contribution < -0.4 is 4.33 Å². The van der Waals surface area contributed by atoms with Gasteiger partial charge in [-0.2, -0.15) is 0 Å². The molecule has 0 aliphatic rings. The summed E-state index contributed by atoms with van der Waals surface area (Å²) < 4.78 is 8.24. The first-order chi connectivity index (χ1) is 11.6. The van der Waals surface area contributed by atoms with Crippen molar-refractivity contribution in [3.05, 3.63) is 0 Å². The Balaban J connectivity index is 3.42. The molecule has 0 aromatic carbocycles. The predicted octanol–water partition coefficient (Wildman–Crippen LogP) is 3.89. The fourth-order valence-corrected chi connectivity index (χ4v) is 3.89. The van der Waals surface area contributed by atoms with E-state index >= 15 is 0 Å². The summed E-state index contributed by atoms with van der Waals surface area (Å²) in [6.07, 6.45) is 14.0. The third kappa shape index (κ3) is 15.5. The van der Waals surface area contributed by atoms with E-state index in [9.17, 15) is 9.59 Å². The molecule has 0 saturated carbocycles. The van der Waals surface area contributed by atoms with Gasteiger partial charge in [-0.1, -0.05) is 32.6 Å². The molecule has 0 radical (unpaired) electrons. The number of hydrogen-bond acceptors (Lipinski definition) is 5. The number of esters is 1. The molecule has 4 nitrogen and oxygen atoms in total. The van der Waals surface area contributed by atoms with Crippen LogP contribution >= 0.6 is 12.6 Å². The molecule has 1 N–H and O–H groups in total. The number of thiol groups is 1. The summed E-state index contributed by atoms with van der Waals surface area (Å²) in [5.74, 6) is 0.0618. The van der Waals surface area contributed by atoms with E-state index in [1.807, 2.05) is 0 Å². The summed E-state index contributed by atoms with van der Waals surface area (Å²) in [4.78, 5) is 22.8. The van der Waals surface area contributed by atoms with Gasteiger partial charge in [0.25, 0.3) is 0 Å². The summed E-state index contributed by atoms with van der Waals surface area (Å²) in [5, 5.41) is 0. The summed E-state index contributed by atoms with van der Waals surface area (Å²) >= 11 is 3.76. The van der Waals surface area contributed by atoms with Crippen molar-refractivity contribution in [2.45, 2.75) is 90.5 Å². The van der Waals surface area contributed by atoms with Crippen molar-refractivity contribution >= 4 is 38.5 Å². The van der Waals surface area contributed by atoms with Crippen molar-refractivity contribution in [2.75, 3.05) is 12.4 Å². The molecular formula is C18H35NO3SSe. The van der Waals surface area contributed by atoms with E-state index in [0.717, 1.165) is 12.8 Å². The molecule has 1 atom stereocenters. The average Bonchev–Trinajstić information content (AvgIpc) is 2.56. The molecular weight excluding hydrogens is 389 g/mol. The van der Waals surface area contributed by atoms with Gasteiger partial charge < -0.3 is 0 Å². The Kier molecular flexibility index (Phi) is 17.8. The molecule has 0 spiro atoms. The van der Waals surface area contributed by atoms with Gasteiger partial charge in [-0.25, -0.2) is 0 Å². The first-order valence-electron chi connectivity index (χ1n) is 9.32. The molecule has 0 bridgehead atoms. The molecule has 0 aliphatic heterocycles. The second-order valence-electron chi connectivity index (χ2n) is 6.15. The van der Waals surface area contributed by atoms with E-state index in [2.05, 4.69) is 23.9 Å². The second kappa shape index (κ2) is 17.8. The normalized spacial score (nSPS) is 12.1. The van der Waals surface area contributed by atoms with Crippen LogP contribution in [0, 0.1) is 0 Å². The van der Waals surface area contributed by atoms with Gasteiger partial charge in [0, 0.05) is 0 Å². The van der Waals surface area contributed by atoms with E-state index in [-0.39, 0.29) is 25.8 Å². The zero-order chi connectivity index (χ0) is 18.0. The van der Waals surface area contributed by atoms with Gasteiger partial charge in [0.1, 0.15) is 0 Å². The van der Waals surface area contributed by atoms with Gasteiger partial charge in [-0.3, -0.25) is 0 Å². The maximum absolute atomic E-state index is 11.8. The SMILES string of the molecule is CCCCCCCCCCCCCOC(=O)[C@H](CS)N[Se]C(C)=O. The molecule has 0 heterocycles. The number of carbonyl (C=O) groups excluding carboxylic acids is 2. The molecule has 6 heteroatoms. The number of nitrogens with one attached hydrogen (secondary N) is 1. The van der Waals surface area contributed by atoms with Crippen molar-refractivity contribution in [2.24, 2.45) is 0 Å². The molecule has 0 aromatic heterocycles. The first kappa shape index (κ1) is 24.0. The van der Waals surface area contributed by atoms with Crippen LogP contribution in [0.3, 0.4) is 0 Å². The van der Waals surface area contributed by atoms with Crippen LogP contribution in [-0.2, 0) is 14.3 Å². The monoisotopic (exact) mass is 425 g/mol. The summed E-state index contributed by atoms with van der Waals surface area (Å²) in [5.41, 5.74) is 0. The Morgan fingerprint density at radius 2 is 1.46 bits per heavy atom. The Hall–Kier alpha value is -0.0305.